The first-order valence-electron chi connectivity index (χ1n) is 3.22. The number of hydrogen-bond acceptors (Lipinski definition) is 1. The smallest absolute Gasteiger partial charge is 0.392 e. The Morgan fingerprint density at radius 1 is 1.33 bits per heavy atom. The number of hydrogen-bond donors (Lipinski definition) is 1. The molecule has 0 saturated carbocycles. The van der Waals surface area contributed by atoms with Crippen LogP contribution in [0.4, 0.5) is 13.2 Å². The highest BCUT2D eigenvalue weighted by Gasteiger charge is 2.30. The molecule has 1 radical (unpaired) electrons. The van der Waals surface area contributed by atoms with Crippen molar-refractivity contribution in [3.8, 4) is 0 Å². The third kappa shape index (κ3) is 1.98. The van der Waals surface area contributed by atoms with Crippen molar-refractivity contribution < 1.29 is 18.3 Å². The van der Waals surface area contributed by atoms with Crippen molar-refractivity contribution in [3.63, 3.8) is 0 Å². The second-order valence-electron chi connectivity index (χ2n) is 2.29. The van der Waals surface area contributed by atoms with Gasteiger partial charge in [0.2, 0.25) is 0 Å². The summed E-state index contributed by atoms with van der Waals surface area (Å²) in [6.45, 7) is -0.402. The second-order valence-corrected chi connectivity index (χ2v) is 2.29. The summed E-state index contributed by atoms with van der Waals surface area (Å²) >= 11 is 0. The lowest BCUT2D eigenvalue weighted by molar-refractivity contribution is -0.137. The summed E-state index contributed by atoms with van der Waals surface area (Å²) in [6, 6.07) is 5.37. The highest BCUT2D eigenvalue weighted by molar-refractivity contribution is 5.24. The van der Waals surface area contributed by atoms with Gasteiger partial charge in [-0.2, -0.15) is 13.2 Å². The lowest BCUT2D eigenvalue weighted by atomic mass is 10.1. The van der Waals surface area contributed by atoms with Gasteiger partial charge in [0.25, 0.3) is 0 Å². The number of benzene rings is 1. The molecule has 0 heterocycles. The summed E-state index contributed by atoms with van der Waals surface area (Å²) < 4.78 is 36.0. The largest absolute Gasteiger partial charge is 0.416 e. The molecule has 65 valence electrons. The number of alkyl halides is 3. The van der Waals surface area contributed by atoms with Gasteiger partial charge in [-0.3, -0.25) is 0 Å². The zero-order valence-corrected chi connectivity index (χ0v) is 6.02. The highest BCUT2D eigenvalue weighted by atomic mass is 19.4. The maximum absolute atomic E-state index is 12.0. The minimum Gasteiger partial charge on any atom is -0.392 e. The quantitative estimate of drug-likeness (QED) is 0.692. The van der Waals surface area contributed by atoms with Crippen molar-refractivity contribution in [3.05, 3.63) is 35.4 Å². The fourth-order valence-electron chi connectivity index (χ4n) is 0.777. The lowest BCUT2D eigenvalue weighted by Gasteiger charge is -2.06. The first-order chi connectivity index (χ1) is 5.54. The van der Waals surface area contributed by atoms with Crippen LogP contribution in [0.5, 0.6) is 0 Å². The molecule has 0 spiro atoms. The molecule has 0 aromatic heterocycles. The Kier molecular flexibility index (Phi) is 2.38. The van der Waals surface area contributed by atoms with Crippen LogP contribution in [0.25, 0.3) is 0 Å². The monoisotopic (exact) mass is 175 g/mol. The van der Waals surface area contributed by atoms with Gasteiger partial charge in [-0.15, -0.1) is 0 Å². The number of aliphatic hydroxyl groups is 1. The first-order valence-corrected chi connectivity index (χ1v) is 3.22. The normalized spacial score (nSPS) is 11.7. The van der Waals surface area contributed by atoms with E-state index in [0.29, 0.717) is 0 Å². The van der Waals surface area contributed by atoms with Crippen LogP contribution in [-0.2, 0) is 12.8 Å². The molecule has 0 unspecified atom stereocenters. The molecule has 0 atom stereocenters. The average molecular weight is 175 g/mol. The van der Waals surface area contributed by atoms with E-state index in [9.17, 15) is 13.2 Å². The van der Waals surface area contributed by atoms with Crippen LogP contribution in [0.2, 0.25) is 0 Å². The second kappa shape index (κ2) is 3.15. The summed E-state index contributed by atoms with van der Waals surface area (Å²) in [5, 5.41) is 8.54. The standard InChI is InChI=1S/C8H6F3O/c9-8(10,11)7-3-1-2-6(4-7)5-12/h2-4,12H,5H2. The molecular formula is C8H6F3O. The summed E-state index contributed by atoms with van der Waals surface area (Å²) in [4.78, 5) is 0. The minimum absolute atomic E-state index is 0.213. The van der Waals surface area contributed by atoms with Gasteiger partial charge in [0.15, 0.2) is 0 Å². The van der Waals surface area contributed by atoms with Gasteiger partial charge in [0.05, 0.1) is 12.2 Å². The molecular weight excluding hydrogens is 169 g/mol. The Bertz CT molecular complexity index is 267. The molecule has 12 heavy (non-hydrogen) atoms. The fraction of sp³-hybridized carbons (Fsp3) is 0.250. The molecule has 0 saturated heterocycles. The van der Waals surface area contributed by atoms with Crippen molar-refractivity contribution in [1.29, 1.82) is 0 Å². The zero-order valence-electron chi connectivity index (χ0n) is 6.02. The summed E-state index contributed by atoms with van der Waals surface area (Å²) in [5.74, 6) is 0. The molecule has 1 aromatic carbocycles. The lowest BCUT2D eigenvalue weighted by Crippen LogP contribution is -2.05. The molecule has 0 amide bonds. The molecule has 0 fully saturated rings. The molecule has 0 aliphatic carbocycles. The van der Waals surface area contributed by atoms with Crippen LogP contribution in [0.1, 0.15) is 11.1 Å². The van der Waals surface area contributed by atoms with E-state index in [1.54, 1.807) is 0 Å². The molecule has 1 aromatic rings. The van der Waals surface area contributed by atoms with E-state index in [-0.39, 0.29) is 5.56 Å². The van der Waals surface area contributed by atoms with E-state index in [2.05, 4.69) is 6.07 Å². The van der Waals surface area contributed by atoms with Crippen molar-refractivity contribution >= 4 is 0 Å². The third-order valence-corrected chi connectivity index (χ3v) is 1.36. The Morgan fingerprint density at radius 2 is 2.00 bits per heavy atom. The van der Waals surface area contributed by atoms with Gasteiger partial charge in [0.1, 0.15) is 0 Å². The number of halogens is 3. The zero-order chi connectivity index (χ0) is 9.19. The molecule has 1 nitrogen and oxygen atoms in total. The van der Waals surface area contributed by atoms with Crippen LogP contribution in [0.15, 0.2) is 18.2 Å². The van der Waals surface area contributed by atoms with E-state index in [0.717, 1.165) is 12.1 Å². The Morgan fingerprint density at radius 3 is 2.50 bits per heavy atom. The predicted molar refractivity (Wildman–Crippen MR) is 36.2 cm³/mol. The van der Waals surface area contributed by atoms with Gasteiger partial charge >= 0.3 is 6.18 Å². The Balaban J connectivity index is 3.02. The van der Waals surface area contributed by atoms with Gasteiger partial charge in [0, 0.05) is 0 Å². The summed E-state index contributed by atoms with van der Waals surface area (Å²) in [5.41, 5.74) is -0.570. The minimum atomic E-state index is -4.36. The molecule has 1 N–H and O–H groups in total. The first kappa shape index (κ1) is 9.06. The third-order valence-electron chi connectivity index (χ3n) is 1.36. The van der Waals surface area contributed by atoms with E-state index in [4.69, 9.17) is 5.11 Å². The average Bonchev–Trinajstić information content (AvgIpc) is 2.03. The van der Waals surface area contributed by atoms with E-state index >= 15 is 0 Å². The SMILES string of the molecule is OCc1c[c]cc(C(F)(F)F)c1. The summed E-state index contributed by atoms with van der Waals surface area (Å²) in [6.07, 6.45) is -4.36. The van der Waals surface area contributed by atoms with Gasteiger partial charge in [-0.05, 0) is 29.8 Å². The van der Waals surface area contributed by atoms with Gasteiger partial charge in [-0.1, -0.05) is 0 Å². The predicted octanol–water partition coefficient (Wildman–Crippen LogP) is 2.00. The molecule has 0 aliphatic heterocycles. The maximum Gasteiger partial charge on any atom is 0.416 e. The molecule has 0 aliphatic rings. The van der Waals surface area contributed by atoms with Gasteiger partial charge < -0.3 is 5.11 Å². The molecule has 4 heteroatoms. The fourth-order valence-corrected chi connectivity index (χ4v) is 0.777. The van der Waals surface area contributed by atoms with Crippen LogP contribution in [0, 0.1) is 6.07 Å². The van der Waals surface area contributed by atoms with E-state index in [1.807, 2.05) is 0 Å². The number of aliphatic hydroxyl groups excluding tert-OH is 1. The van der Waals surface area contributed by atoms with Crippen molar-refractivity contribution in [2.24, 2.45) is 0 Å². The topological polar surface area (TPSA) is 20.2 Å². The Labute approximate surface area is 67.5 Å². The van der Waals surface area contributed by atoms with Crippen molar-refractivity contribution in [2.45, 2.75) is 12.8 Å². The number of rotatable bonds is 1. The Hall–Kier alpha value is -1.03. The van der Waals surface area contributed by atoms with Crippen LogP contribution in [-0.4, -0.2) is 5.11 Å². The van der Waals surface area contributed by atoms with E-state index < -0.39 is 18.3 Å². The summed E-state index contributed by atoms with van der Waals surface area (Å²) in [7, 11) is 0. The molecule has 0 bridgehead atoms. The highest BCUT2D eigenvalue weighted by Crippen LogP contribution is 2.29. The van der Waals surface area contributed by atoms with Gasteiger partial charge in [-0.25, -0.2) is 0 Å². The van der Waals surface area contributed by atoms with Crippen LogP contribution in [0.3, 0.4) is 0 Å². The van der Waals surface area contributed by atoms with Crippen molar-refractivity contribution in [1.82, 2.24) is 0 Å². The van der Waals surface area contributed by atoms with Crippen LogP contribution >= 0.6 is 0 Å². The van der Waals surface area contributed by atoms with E-state index in [1.165, 1.54) is 6.07 Å². The maximum atomic E-state index is 12.0. The van der Waals surface area contributed by atoms with Crippen LogP contribution < -0.4 is 0 Å². The molecule has 1 rings (SSSR count). The van der Waals surface area contributed by atoms with Crippen molar-refractivity contribution in [2.75, 3.05) is 0 Å².